The zero-order valence-corrected chi connectivity index (χ0v) is 12.6. The molecule has 1 fully saturated rings. The minimum absolute atomic E-state index is 0.252. The lowest BCUT2D eigenvalue weighted by atomic mass is 10.00. The zero-order chi connectivity index (χ0) is 15.0. The molecule has 1 saturated heterocycles. The van der Waals surface area contributed by atoms with E-state index in [-0.39, 0.29) is 5.92 Å². The molecule has 2 aromatic rings. The van der Waals surface area contributed by atoms with Gasteiger partial charge in [0, 0.05) is 19.6 Å². The van der Waals surface area contributed by atoms with Crippen LogP contribution in [0.5, 0.6) is 0 Å². The molecule has 3 heterocycles. The third kappa shape index (κ3) is 2.84. The number of anilines is 1. The van der Waals surface area contributed by atoms with E-state index < -0.39 is 10.0 Å². The first-order valence-electron chi connectivity index (χ1n) is 6.81. The third-order valence-electron chi connectivity index (χ3n) is 3.84. The summed E-state index contributed by atoms with van der Waals surface area (Å²) in [5.74, 6) is 0.613. The van der Waals surface area contributed by atoms with Gasteiger partial charge in [-0.2, -0.15) is 0 Å². The Labute approximate surface area is 123 Å². The van der Waals surface area contributed by atoms with Gasteiger partial charge in [0.15, 0.2) is 11.5 Å². The third-order valence-corrected chi connectivity index (χ3v) is 5.10. The summed E-state index contributed by atoms with van der Waals surface area (Å²) in [5, 5.41) is 0. The highest BCUT2D eigenvalue weighted by atomic mass is 32.2. The molecule has 0 bridgehead atoms. The summed E-state index contributed by atoms with van der Waals surface area (Å²) < 4.78 is 26.8. The Kier molecular flexibility index (Phi) is 3.54. The van der Waals surface area contributed by atoms with Gasteiger partial charge in [-0.05, 0) is 18.8 Å². The Morgan fingerprint density at radius 1 is 1.38 bits per heavy atom. The maximum atomic E-state index is 11.7. The Hall–Kier alpha value is -1.74. The second-order valence-electron chi connectivity index (χ2n) is 5.46. The predicted molar refractivity (Wildman–Crippen MR) is 78.9 cm³/mol. The highest BCUT2D eigenvalue weighted by Crippen LogP contribution is 2.22. The zero-order valence-electron chi connectivity index (χ0n) is 11.8. The Bertz CT molecular complexity index is 756. The molecule has 3 rings (SSSR count). The molecular weight excluding hydrogens is 292 g/mol. The summed E-state index contributed by atoms with van der Waals surface area (Å²) in [7, 11) is -3.12. The van der Waals surface area contributed by atoms with E-state index >= 15 is 0 Å². The van der Waals surface area contributed by atoms with E-state index in [9.17, 15) is 8.42 Å². The minimum atomic E-state index is -3.12. The fourth-order valence-corrected chi connectivity index (χ4v) is 3.73. The molecule has 21 heavy (non-hydrogen) atoms. The van der Waals surface area contributed by atoms with Gasteiger partial charge in [-0.15, -0.1) is 0 Å². The number of nitrogen functional groups attached to an aromatic ring is 1. The predicted octanol–water partition coefficient (Wildman–Crippen LogP) is 0.0801. The van der Waals surface area contributed by atoms with Crippen molar-refractivity contribution in [3.63, 3.8) is 0 Å². The molecular formula is C12H18N6O2S. The number of fused-ring (bicyclic) bond motifs is 1. The van der Waals surface area contributed by atoms with Crippen molar-refractivity contribution in [3.05, 3.63) is 12.7 Å². The number of imidazole rings is 1. The molecule has 0 radical (unpaired) electrons. The summed E-state index contributed by atoms with van der Waals surface area (Å²) in [5.41, 5.74) is 7.05. The van der Waals surface area contributed by atoms with Crippen LogP contribution in [0.15, 0.2) is 12.7 Å². The SMILES string of the molecule is CS(=O)(=O)N1CCCC(Cn2cnc3c(N)ncnc32)C1. The van der Waals surface area contributed by atoms with Crippen LogP contribution in [0.3, 0.4) is 0 Å². The number of hydrogen-bond donors (Lipinski definition) is 1. The van der Waals surface area contributed by atoms with E-state index in [1.54, 1.807) is 10.6 Å². The summed E-state index contributed by atoms with van der Waals surface area (Å²) >= 11 is 0. The van der Waals surface area contributed by atoms with Crippen LogP contribution in [-0.2, 0) is 16.6 Å². The molecule has 1 atom stereocenters. The van der Waals surface area contributed by atoms with Gasteiger partial charge in [-0.1, -0.05) is 0 Å². The highest BCUT2D eigenvalue weighted by Gasteiger charge is 2.26. The largest absolute Gasteiger partial charge is 0.382 e. The topological polar surface area (TPSA) is 107 Å². The van der Waals surface area contributed by atoms with Gasteiger partial charge in [0.1, 0.15) is 11.8 Å². The van der Waals surface area contributed by atoms with Crippen LogP contribution in [0.2, 0.25) is 0 Å². The molecule has 0 amide bonds. The standard InChI is InChI=1S/C12H18N6O2S/c1-21(19,20)18-4-2-3-9(6-18)5-17-8-16-10-11(13)14-7-15-12(10)17/h7-9H,2-6H2,1H3,(H2,13,14,15). The fourth-order valence-electron chi connectivity index (χ4n) is 2.79. The Balaban J connectivity index is 1.81. The maximum absolute atomic E-state index is 11.7. The van der Waals surface area contributed by atoms with Crippen molar-refractivity contribution in [2.45, 2.75) is 19.4 Å². The van der Waals surface area contributed by atoms with E-state index in [0.717, 1.165) is 12.8 Å². The average molecular weight is 310 g/mol. The molecule has 114 valence electrons. The van der Waals surface area contributed by atoms with Crippen LogP contribution in [-0.4, -0.2) is 51.6 Å². The van der Waals surface area contributed by atoms with E-state index in [4.69, 9.17) is 5.73 Å². The van der Waals surface area contributed by atoms with Crippen molar-refractivity contribution < 1.29 is 8.42 Å². The van der Waals surface area contributed by atoms with Crippen molar-refractivity contribution in [2.75, 3.05) is 25.1 Å². The lowest BCUT2D eigenvalue weighted by Crippen LogP contribution is -2.40. The number of rotatable bonds is 3. The van der Waals surface area contributed by atoms with Gasteiger partial charge in [0.25, 0.3) is 0 Å². The summed E-state index contributed by atoms with van der Waals surface area (Å²) in [4.78, 5) is 12.4. The molecule has 2 N–H and O–H groups in total. The quantitative estimate of drug-likeness (QED) is 0.860. The van der Waals surface area contributed by atoms with Gasteiger partial charge in [-0.3, -0.25) is 0 Å². The monoisotopic (exact) mass is 310 g/mol. The molecule has 0 spiro atoms. The van der Waals surface area contributed by atoms with Gasteiger partial charge in [0.05, 0.1) is 12.6 Å². The maximum Gasteiger partial charge on any atom is 0.211 e. The van der Waals surface area contributed by atoms with E-state index in [0.29, 0.717) is 36.6 Å². The van der Waals surface area contributed by atoms with Crippen molar-refractivity contribution in [3.8, 4) is 0 Å². The molecule has 1 aliphatic rings. The normalized spacial score (nSPS) is 20.9. The number of piperidine rings is 1. The fraction of sp³-hybridized carbons (Fsp3) is 0.583. The molecule has 2 aromatic heterocycles. The summed E-state index contributed by atoms with van der Waals surface area (Å²) in [6, 6.07) is 0. The van der Waals surface area contributed by atoms with Gasteiger partial charge < -0.3 is 10.3 Å². The molecule has 0 saturated carbocycles. The second-order valence-corrected chi connectivity index (χ2v) is 7.44. The van der Waals surface area contributed by atoms with Crippen molar-refractivity contribution in [2.24, 2.45) is 5.92 Å². The van der Waals surface area contributed by atoms with Crippen molar-refractivity contribution in [1.82, 2.24) is 23.8 Å². The van der Waals surface area contributed by atoms with E-state index in [1.165, 1.54) is 12.6 Å². The number of aromatic nitrogens is 4. The summed E-state index contributed by atoms with van der Waals surface area (Å²) in [6.07, 6.45) is 6.23. The van der Waals surface area contributed by atoms with Crippen LogP contribution in [0.25, 0.3) is 11.2 Å². The molecule has 9 heteroatoms. The summed E-state index contributed by atoms with van der Waals surface area (Å²) in [6.45, 7) is 1.83. The first-order valence-corrected chi connectivity index (χ1v) is 8.66. The van der Waals surface area contributed by atoms with Crippen molar-refractivity contribution >= 4 is 27.0 Å². The van der Waals surface area contributed by atoms with E-state index in [1.807, 2.05) is 4.57 Å². The first kappa shape index (κ1) is 14.2. The van der Waals surface area contributed by atoms with Crippen LogP contribution in [0, 0.1) is 5.92 Å². The van der Waals surface area contributed by atoms with Gasteiger partial charge in [-0.25, -0.2) is 27.7 Å². The smallest absolute Gasteiger partial charge is 0.211 e. The Morgan fingerprint density at radius 3 is 2.95 bits per heavy atom. The van der Waals surface area contributed by atoms with Crippen LogP contribution < -0.4 is 5.73 Å². The lowest BCUT2D eigenvalue weighted by molar-refractivity contribution is 0.247. The second kappa shape index (κ2) is 5.23. The molecule has 1 unspecified atom stereocenters. The van der Waals surface area contributed by atoms with Crippen LogP contribution in [0.1, 0.15) is 12.8 Å². The number of nitrogens with two attached hydrogens (primary N) is 1. The average Bonchev–Trinajstić information content (AvgIpc) is 2.83. The highest BCUT2D eigenvalue weighted by molar-refractivity contribution is 7.88. The molecule has 1 aliphatic heterocycles. The minimum Gasteiger partial charge on any atom is -0.382 e. The van der Waals surface area contributed by atoms with Gasteiger partial charge >= 0.3 is 0 Å². The van der Waals surface area contributed by atoms with Crippen molar-refractivity contribution in [1.29, 1.82) is 0 Å². The number of sulfonamides is 1. The molecule has 8 nitrogen and oxygen atoms in total. The lowest BCUT2D eigenvalue weighted by Gasteiger charge is -2.31. The Morgan fingerprint density at radius 2 is 2.19 bits per heavy atom. The molecule has 0 aromatic carbocycles. The van der Waals surface area contributed by atoms with Gasteiger partial charge in [0.2, 0.25) is 10.0 Å². The number of nitrogens with zero attached hydrogens (tertiary/aromatic N) is 5. The molecule has 0 aliphatic carbocycles. The number of hydrogen-bond acceptors (Lipinski definition) is 6. The van der Waals surface area contributed by atoms with Crippen LogP contribution in [0.4, 0.5) is 5.82 Å². The van der Waals surface area contributed by atoms with Crippen LogP contribution >= 0.6 is 0 Å². The van der Waals surface area contributed by atoms with E-state index in [2.05, 4.69) is 15.0 Å². The first-order chi connectivity index (χ1) is 9.95.